The van der Waals surface area contributed by atoms with Crippen LogP contribution in [-0.4, -0.2) is 21.7 Å². The van der Waals surface area contributed by atoms with Gasteiger partial charge in [0.05, 0.1) is 10.9 Å². The van der Waals surface area contributed by atoms with E-state index in [1.165, 1.54) is 22.2 Å². The van der Waals surface area contributed by atoms with Crippen LogP contribution in [0.2, 0.25) is 0 Å². The first-order chi connectivity index (χ1) is 18.6. The molecule has 3 rings (SSSR count). The Morgan fingerprint density at radius 1 is 0.780 bits per heavy atom. The van der Waals surface area contributed by atoms with Crippen LogP contribution in [0.5, 0.6) is 5.75 Å². The number of fused-ring (bicyclic) bond motifs is 1. The Balaban J connectivity index is 1.86. The maximum absolute atomic E-state index is 13.8. The second-order valence-corrected chi connectivity index (χ2v) is 16.1. The molecule has 1 heterocycles. The van der Waals surface area contributed by atoms with E-state index in [2.05, 4.69) is 135 Å². The number of aromatic nitrogens is 1. The summed E-state index contributed by atoms with van der Waals surface area (Å²) in [5.74, 6) is 1.18. The summed E-state index contributed by atoms with van der Waals surface area (Å²) < 4.78 is 15.3. The smallest absolute Gasteiger partial charge is 0.312 e. The quantitative estimate of drug-likeness (QED) is 0.231. The zero-order valence-corrected chi connectivity index (χ0v) is 28.1. The summed E-state index contributed by atoms with van der Waals surface area (Å²) >= 11 is 0. The lowest BCUT2D eigenvalue weighted by Crippen LogP contribution is -2.48. The van der Waals surface area contributed by atoms with E-state index in [1.807, 2.05) is 13.8 Å². The normalized spacial score (nSPS) is 14.8. The van der Waals surface area contributed by atoms with Crippen molar-refractivity contribution >= 4 is 16.9 Å². The third-order valence-corrected chi connectivity index (χ3v) is 8.10. The van der Waals surface area contributed by atoms with E-state index in [4.69, 9.17) is 9.47 Å². The van der Waals surface area contributed by atoms with Crippen molar-refractivity contribution in [3.63, 3.8) is 0 Å². The van der Waals surface area contributed by atoms with E-state index < -0.39 is 16.6 Å². The van der Waals surface area contributed by atoms with Crippen molar-refractivity contribution in [3.8, 4) is 17.0 Å². The molecule has 0 radical (unpaired) electrons. The molecule has 0 aliphatic heterocycles. The Bertz CT molecular complexity index is 1330. The van der Waals surface area contributed by atoms with Gasteiger partial charge in [-0.25, -0.2) is 0 Å². The molecule has 0 N–H and O–H groups in total. The Kier molecular flexibility index (Phi) is 9.19. The maximum Gasteiger partial charge on any atom is 0.312 e. The first-order valence-electron chi connectivity index (χ1n) is 15.2. The first kappa shape index (κ1) is 32.8. The summed E-state index contributed by atoms with van der Waals surface area (Å²) in [5, 5.41) is 1.20. The fourth-order valence-corrected chi connectivity index (χ4v) is 6.19. The highest BCUT2D eigenvalue weighted by Crippen LogP contribution is 2.48. The number of ether oxygens (including phenoxy) is 2. The molecule has 1 aromatic heterocycles. The highest BCUT2D eigenvalue weighted by atomic mass is 16.6. The molecule has 1 atom stereocenters. The van der Waals surface area contributed by atoms with Gasteiger partial charge in [-0.3, -0.25) is 4.79 Å². The second kappa shape index (κ2) is 11.5. The van der Waals surface area contributed by atoms with Crippen molar-refractivity contribution in [2.45, 2.75) is 121 Å². The van der Waals surface area contributed by atoms with Gasteiger partial charge in [0.1, 0.15) is 17.0 Å². The molecule has 0 aliphatic carbocycles. The Hall–Kier alpha value is -2.75. The lowest BCUT2D eigenvalue weighted by Gasteiger charge is -2.45. The van der Waals surface area contributed by atoms with E-state index in [0.717, 1.165) is 18.7 Å². The van der Waals surface area contributed by atoms with Crippen molar-refractivity contribution < 1.29 is 14.3 Å². The average Bonchev–Trinajstić information content (AvgIpc) is 3.13. The third-order valence-electron chi connectivity index (χ3n) is 8.10. The van der Waals surface area contributed by atoms with Gasteiger partial charge >= 0.3 is 5.97 Å². The van der Waals surface area contributed by atoms with E-state index in [-0.39, 0.29) is 16.8 Å². The Morgan fingerprint density at radius 3 is 1.93 bits per heavy atom. The maximum atomic E-state index is 13.8. The summed E-state index contributed by atoms with van der Waals surface area (Å²) in [6.45, 7) is 28.6. The van der Waals surface area contributed by atoms with Crippen LogP contribution in [0.4, 0.5) is 0 Å². The van der Waals surface area contributed by atoms with Gasteiger partial charge < -0.3 is 14.0 Å². The van der Waals surface area contributed by atoms with Gasteiger partial charge in [0.25, 0.3) is 0 Å². The average molecular weight is 562 g/mol. The van der Waals surface area contributed by atoms with Crippen molar-refractivity contribution in [2.75, 3.05) is 0 Å². The van der Waals surface area contributed by atoms with Crippen molar-refractivity contribution in [1.29, 1.82) is 0 Å². The summed E-state index contributed by atoms with van der Waals surface area (Å²) in [6.07, 6.45) is 1.31. The molecule has 0 bridgehead atoms. The van der Waals surface area contributed by atoms with Crippen LogP contribution in [0.3, 0.4) is 0 Å². The van der Waals surface area contributed by atoms with Crippen LogP contribution in [-0.2, 0) is 16.1 Å². The van der Waals surface area contributed by atoms with Gasteiger partial charge in [-0.2, -0.15) is 0 Å². The van der Waals surface area contributed by atoms with E-state index in [9.17, 15) is 4.79 Å². The molecule has 2 aromatic carbocycles. The molecule has 1 unspecified atom stereocenters. The van der Waals surface area contributed by atoms with Gasteiger partial charge in [0, 0.05) is 30.1 Å². The van der Waals surface area contributed by atoms with Crippen LogP contribution in [0.15, 0.2) is 54.6 Å². The lowest BCUT2D eigenvalue weighted by molar-refractivity contribution is -0.181. The molecule has 226 valence electrons. The molecule has 0 amide bonds. The number of carbonyl (C=O) groups is 1. The van der Waals surface area contributed by atoms with Gasteiger partial charge in [0.15, 0.2) is 0 Å². The number of esters is 1. The minimum Gasteiger partial charge on any atom is -0.488 e. The fraction of sp³-hybridized carbons (Fsp3) is 0.595. The molecular weight excluding hydrogens is 506 g/mol. The number of benzene rings is 2. The van der Waals surface area contributed by atoms with Crippen molar-refractivity contribution in [3.05, 3.63) is 54.6 Å². The molecule has 0 aliphatic rings. The van der Waals surface area contributed by atoms with Crippen LogP contribution in [0.1, 0.15) is 103 Å². The summed E-state index contributed by atoms with van der Waals surface area (Å²) in [6, 6.07) is 19.2. The topological polar surface area (TPSA) is 40.5 Å². The number of carbonyl (C=O) groups excluding carboxylic acids is 1. The predicted molar refractivity (Wildman–Crippen MR) is 173 cm³/mol. The Morgan fingerprint density at radius 2 is 1.39 bits per heavy atom. The van der Waals surface area contributed by atoms with Crippen LogP contribution in [0.25, 0.3) is 22.2 Å². The van der Waals surface area contributed by atoms with Crippen molar-refractivity contribution in [1.82, 2.24) is 4.57 Å². The number of hydrogen-bond acceptors (Lipinski definition) is 3. The summed E-state index contributed by atoms with van der Waals surface area (Å²) in [5.41, 5.74) is 1.49. The molecule has 0 spiro atoms. The molecule has 41 heavy (non-hydrogen) atoms. The first-order valence-corrected chi connectivity index (χ1v) is 15.2. The van der Waals surface area contributed by atoms with E-state index in [1.54, 1.807) is 0 Å². The second-order valence-electron chi connectivity index (χ2n) is 16.1. The highest BCUT2D eigenvalue weighted by molar-refractivity contribution is 5.88. The zero-order valence-electron chi connectivity index (χ0n) is 28.1. The SMILES string of the molecule is CC(C)Cn1c(-c2ccccc2)cc2ccc(OC(C)(C)CC(C)(C)OC(=O)C(C)(CC(C)(C)C)C(C)(C)C)cc21. The van der Waals surface area contributed by atoms with Gasteiger partial charge in [0.2, 0.25) is 0 Å². The van der Waals surface area contributed by atoms with Gasteiger partial charge in [-0.1, -0.05) is 85.7 Å². The Labute approximate surface area is 249 Å². The third kappa shape index (κ3) is 8.17. The monoisotopic (exact) mass is 561 g/mol. The van der Waals surface area contributed by atoms with Crippen LogP contribution in [0, 0.1) is 22.2 Å². The van der Waals surface area contributed by atoms with Crippen LogP contribution >= 0.6 is 0 Å². The largest absolute Gasteiger partial charge is 0.488 e. The number of rotatable bonds is 10. The standard InChI is InChI=1S/C37H55NO3/c1-26(2)23-38-30(27-17-15-14-16-18-27)21-28-19-20-29(22-31(28)38)40-35(9,10)25-36(11,12)41-32(39)37(13,34(6,7)8)24-33(3,4)5/h14-22,26H,23-25H2,1-13H3. The van der Waals surface area contributed by atoms with Crippen molar-refractivity contribution in [2.24, 2.45) is 22.2 Å². The lowest BCUT2D eigenvalue weighted by atomic mass is 9.61. The molecule has 0 saturated heterocycles. The van der Waals surface area contributed by atoms with E-state index in [0.29, 0.717) is 12.3 Å². The molecule has 4 nitrogen and oxygen atoms in total. The summed E-state index contributed by atoms with van der Waals surface area (Å²) in [7, 11) is 0. The molecule has 3 aromatic rings. The van der Waals surface area contributed by atoms with E-state index >= 15 is 0 Å². The molecule has 4 heteroatoms. The number of hydrogen-bond donors (Lipinski definition) is 0. The number of nitrogens with zero attached hydrogens (tertiary/aromatic N) is 1. The van der Waals surface area contributed by atoms with Gasteiger partial charge in [-0.15, -0.1) is 0 Å². The van der Waals surface area contributed by atoms with Gasteiger partial charge in [-0.05, 0) is 81.5 Å². The summed E-state index contributed by atoms with van der Waals surface area (Å²) in [4.78, 5) is 13.8. The van der Waals surface area contributed by atoms with Crippen LogP contribution < -0.4 is 4.74 Å². The highest BCUT2D eigenvalue weighted by Gasteiger charge is 2.49. The fourth-order valence-electron chi connectivity index (χ4n) is 6.19. The molecule has 0 saturated carbocycles. The zero-order chi connectivity index (χ0) is 31.0. The molecule has 0 fully saturated rings. The predicted octanol–water partition coefficient (Wildman–Crippen LogP) is 10.3. The molecular formula is C37H55NO3. The minimum atomic E-state index is -0.701. The minimum absolute atomic E-state index is 0.000170.